The number of rotatable bonds is 3. The van der Waals surface area contributed by atoms with Crippen LogP contribution < -0.4 is 5.73 Å². The van der Waals surface area contributed by atoms with E-state index in [-0.39, 0.29) is 16.8 Å². The molecular formula is C15H15ClF3N5O. The van der Waals surface area contributed by atoms with Crippen LogP contribution in [0.25, 0.3) is 5.82 Å². The van der Waals surface area contributed by atoms with Crippen molar-refractivity contribution in [2.24, 2.45) is 11.7 Å². The number of amides is 1. The van der Waals surface area contributed by atoms with Gasteiger partial charge in [0.25, 0.3) is 5.91 Å². The zero-order valence-corrected chi connectivity index (χ0v) is 13.8. The average Bonchev–Trinajstić information content (AvgIpc) is 3.21. The molecule has 3 rings (SSSR count). The standard InChI is InChI=1S/C15H15ClF3N5O/c16-11-2-1-4-21-13(11)24-12(15(17,18)19)10(7-22-24)14(25)23-5-3-9(6-20)8-23/h1-2,4,7,9H,3,5-6,8,20H2/t9-/m0/s1. The van der Waals surface area contributed by atoms with Crippen molar-refractivity contribution in [3.63, 3.8) is 0 Å². The van der Waals surface area contributed by atoms with Gasteiger partial charge in [-0.2, -0.15) is 18.3 Å². The molecule has 1 fully saturated rings. The molecule has 25 heavy (non-hydrogen) atoms. The molecule has 1 atom stereocenters. The van der Waals surface area contributed by atoms with E-state index < -0.39 is 23.3 Å². The third-order valence-corrected chi connectivity index (χ3v) is 4.41. The monoisotopic (exact) mass is 373 g/mol. The van der Waals surface area contributed by atoms with Crippen molar-refractivity contribution < 1.29 is 18.0 Å². The lowest BCUT2D eigenvalue weighted by Gasteiger charge is -2.18. The number of alkyl halides is 3. The summed E-state index contributed by atoms with van der Waals surface area (Å²) in [4.78, 5) is 17.8. The third kappa shape index (κ3) is 3.34. The first-order valence-corrected chi connectivity index (χ1v) is 7.96. The Balaban J connectivity index is 2.04. The molecule has 2 aromatic heterocycles. The SMILES string of the molecule is NC[C@@H]1CCN(C(=O)c2cnn(-c3ncccc3Cl)c2C(F)(F)F)C1. The smallest absolute Gasteiger partial charge is 0.338 e. The summed E-state index contributed by atoms with van der Waals surface area (Å²) >= 11 is 5.93. The predicted molar refractivity (Wildman–Crippen MR) is 84.4 cm³/mol. The number of halogens is 4. The molecule has 0 aliphatic carbocycles. The van der Waals surface area contributed by atoms with Crippen LogP contribution in [-0.4, -0.2) is 45.2 Å². The van der Waals surface area contributed by atoms with Crippen LogP contribution in [0.2, 0.25) is 5.02 Å². The van der Waals surface area contributed by atoms with Gasteiger partial charge in [-0.05, 0) is 31.0 Å². The summed E-state index contributed by atoms with van der Waals surface area (Å²) in [5.41, 5.74) is 3.87. The van der Waals surface area contributed by atoms with Crippen molar-refractivity contribution in [1.82, 2.24) is 19.7 Å². The molecule has 10 heteroatoms. The van der Waals surface area contributed by atoms with E-state index in [9.17, 15) is 18.0 Å². The molecule has 0 spiro atoms. The lowest BCUT2D eigenvalue weighted by atomic mass is 10.1. The van der Waals surface area contributed by atoms with Crippen LogP contribution in [0.4, 0.5) is 13.2 Å². The fraction of sp³-hybridized carbons (Fsp3) is 0.400. The van der Waals surface area contributed by atoms with Gasteiger partial charge in [-0.1, -0.05) is 11.6 Å². The zero-order valence-electron chi connectivity index (χ0n) is 13.0. The molecule has 1 amide bonds. The van der Waals surface area contributed by atoms with Gasteiger partial charge in [0.15, 0.2) is 11.5 Å². The van der Waals surface area contributed by atoms with E-state index in [0.29, 0.717) is 30.7 Å². The summed E-state index contributed by atoms with van der Waals surface area (Å²) in [6, 6.07) is 2.89. The topological polar surface area (TPSA) is 77.0 Å². The van der Waals surface area contributed by atoms with E-state index in [0.717, 1.165) is 6.20 Å². The minimum absolute atomic E-state index is 0.000493. The second-order valence-corrected chi connectivity index (χ2v) is 6.17. The van der Waals surface area contributed by atoms with E-state index in [1.807, 2.05) is 0 Å². The molecule has 6 nitrogen and oxygen atoms in total. The number of nitrogens with zero attached hydrogens (tertiary/aromatic N) is 4. The highest BCUT2D eigenvalue weighted by Crippen LogP contribution is 2.35. The lowest BCUT2D eigenvalue weighted by Crippen LogP contribution is -2.31. The average molecular weight is 374 g/mol. The molecule has 0 radical (unpaired) electrons. The van der Waals surface area contributed by atoms with Crippen LogP contribution in [0.1, 0.15) is 22.5 Å². The maximum Gasteiger partial charge on any atom is 0.434 e. The molecule has 134 valence electrons. The van der Waals surface area contributed by atoms with E-state index in [4.69, 9.17) is 17.3 Å². The van der Waals surface area contributed by atoms with Gasteiger partial charge in [0.2, 0.25) is 0 Å². The van der Waals surface area contributed by atoms with Crippen molar-refractivity contribution >= 4 is 17.5 Å². The molecule has 1 saturated heterocycles. The number of pyridine rings is 1. The molecule has 3 heterocycles. The van der Waals surface area contributed by atoms with Crippen molar-refractivity contribution in [2.75, 3.05) is 19.6 Å². The maximum atomic E-state index is 13.6. The highest BCUT2D eigenvalue weighted by molar-refractivity contribution is 6.32. The van der Waals surface area contributed by atoms with Gasteiger partial charge in [-0.15, -0.1) is 0 Å². The molecule has 2 aromatic rings. The fourth-order valence-electron chi connectivity index (χ4n) is 2.85. The number of carbonyl (C=O) groups is 1. The summed E-state index contributed by atoms with van der Waals surface area (Å²) in [5.74, 6) is -0.808. The van der Waals surface area contributed by atoms with Crippen LogP contribution in [0.15, 0.2) is 24.5 Å². The predicted octanol–water partition coefficient (Wildman–Crippen LogP) is 2.36. The highest BCUT2D eigenvalue weighted by Gasteiger charge is 2.42. The summed E-state index contributed by atoms with van der Waals surface area (Å²) in [7, 11) is 0. The van der Waals surface area contributed by atoms with Crippen LogP contribution in [0.3, 0.4) is 0 Å². The van der Waals surface area contributed by atoms with Gasteiger partial charge in [-0.25, -0.2) is 9.67 Å². The Bertz CT molecular complexity index is 792. The van der Waals surface area contributed by atoms with Gasteiger partial charge in [0.1, 0.15) is 0 Å². The first-order chi connectivity index (χ1) is 11.8. The van der Waals surface area contributed by atoms with E-state index in [2.05, 4.69) is 10.1 Å². The van der Waals surface area contributed by atoms with Crippen LogP contribution >= 0.6 is 11.6 Å². The maximum absolute atomic E-state index is 13.6. The largest absolute Gasteiger partial charge is 0.434 e. The normalized spacial score (nSPS) is 18.0. The van der Waals surface area contributed by atoms with Crippen LogP contribution in [0.5, 0.6) is 0 Å². The van der Waals surface area contributed by atoms with Crippen LogP contribution in [0, 0.1) is 5.92 Å². The lowest BCUT2D eigenvalue weighted by molar-refractivity contribution is -0.143. The van der Waals surface area contributed by atoms with E-state index >= 15 is 0 Å². The molecule has 1 aliphatic heterocycles. The Kier molecular flexibility index (Phi) is 4.70. The minimum Gasteiger partial charge on any atom is -0.338 e. The summed E-state index contributed by atoms with van der Waals surface area (Å²) in [6.07, 6.45) is -1.91. The van der Waals surface area contributed by atoms with E-state index in [1.54, 1.807) is 0 Å². The Labute approximate surface area is 146 Å². The quantitative estimate of drug-likeness (QED) is 0.896. The Hall–Kier alpha value is -2.13. The summed E-state index contributed by atoms with van der Waals surface area (Å²) in [5, 5.41) is 3.72. The Morgan fingerprint density at radius 3 is 2.80 bits per heavy atom. The zero-order chi connectivity index (χ0) is 18.2. The number of nitrogens with two attached hydrogens (primary N) is 1. The molecule has 1 aliphatic rings. The summed E-state index contributed by atoms with van der Waals surface area (Å²) < 4.78 is 41.4. The number of hydrogen-bond acceptors (Lipinski definition) is 4. The fourth-order valence-corrected chi connectivity index (χ4v) is 3.05. The molecule has 2 N–H and O–H groups in total. The first-order valence-electron chi connectivity index (χ1n) is 7.58. The van der Waals surface area contributed by atoms with Gasteiger partial charge in [-0.3, -0.25) is 4.79 Å². The molecule has 0 unspecified atom stereocenters. The molecule has 0 saturated carbocycles. The molecule has 0 aromatic carbocycles. The molecule has 0 bridgehead atoms. The third-order valence-electron chi connectivity index (χ3n) is 4.11. The van der Waals surface area contributed by atoms with E-state index in [1.165, 1.54) is 23.2 Å². The first kappa shape index (κ1) is 17.7. The van der Waals surface area contributed by atoms with Crippen molar-refractivity contribution in [3.8, 4) is 5.82 Å². The Morgan fingerprint density at radius 1 is 1.44 bits per heavy atom. The second kappa shape index (κ2) is 6.64. The van der Waals surface area contributed by atoms with Gasteiger partial charge in [0.05, 0.1) is 16.8 Å². The minimum atomic E-state index is -4.80. The van der Waals surface area contributed by atoms with Gasteiger partial charge >= 0.3 is 6.18 Å². The number of aromatic nitrogens is 3. The number of hydrogen-bond donors (Lipinski definition) is 1. The van der Waals surface area contributed by atoms with Crippen molar-refractivity contribution in [1.29, 1.82) is 0 Å². The Morgan fingerprint density at radius 2 is 2.20 bits per heavy atom. The van der Waals surface area contributed by atoms with Crippen molar-refractivity contribution in [3.05, 3.63) is 40.8 Å². The summed E-state index contributed by atoms with van der Waals surface area (Å²) in [6.45, 7) is 1.09. The number of carbonyl (C=O) groups excluding carboxylic acids is 1. The molecular weight excluding hydrogens is 359 g/mol. The van der Waals surface area contributed by atoms with Gasteiger partial charge < -0.3 is 10.6 Å². The second-order valence-electron chi connectivity index (χ2n) is 5.77. The van der Waals surface area contributed by atoms with Crippen molar-refractivity contribution in [2.45, 2.75) is 12.6 Å². The number of likely N-dealkylation sites (tertiary alicyclic amines) is 1. The van der Waals surface area contributed by atoms with Gasteiger partial charge in [0, 0.05) is 19.3 Å². The highest BCUT2D eigenvalue weighted by atomic mass is 35.5. The van der Waals surface area contributed by atoms with Crippen LogP contribution in [-0.2, 0) is 6.18 Å².